The largest absolute Gasteiger partial charge is 0.444 e. The number of hydrogen-bond acceptors (Lipinski definition) is 6. The van der Waals surface area contributed by atoms with Crippen molar-refractivity contribution in [3.8, 4) is 10.8 Å². The van der Waals surface area contributed by atoms with E-state index in [9.17, 15) is 0 Å². The first kappa shape index (κ1) is 13.7. The van der Waals surface area contributed by atoms with Gasteiger partial charge in [-0.15, -0.1) is 11.3 Å². The van der Waals surface area contributed by atoms with Crippen LogP contribution in [0.5, 0.6) is 0 Å². The molecule has 0 radical (unpaired) electrons. The summed E-state index contributed by atoms with van der Waals surface area (Å²) in [4.78, 5) is 12.2. The van der Waals surface area contributed by atoms with Crippen molar-refractivity contribution < 1.29 is 4.42 Å². The molecule has 1 atom stereocenters. The molecule has 0 unspecified atom stereocenters. The van der Waals surface area contributed by atoms with Crippen LogP contribution >= 0.6 is 11.3 Å². The quantitative estimate of drug-likeness (QED) is 0.724. The Hall–Kier alpha value is -1.99. The van der Waals surface area contributed by atoms with Gasteiger partial charge in [-0.25, -0.2) is 9.97 Å². The molecule has 3 aromatic heterocycles. The van der Waals surface area contributed by atoms with E-state index in [1.54, 1.807) is 30.3 Å². The molecule has 22 heavy (non-hydrogen) atoms. The van der Waals surface area contributed by atoms with Crippen molar-refractivity contribution in [3.05, 3.63) is 42.1 Å². The topological polar surface area (TPSA) is 60.0 Å². The van der Waals surface area contributed by atoms with Crippen molar-refractivity contribution in [3.63, 3.8) is 0 Å². The molecule has 114 valence electrons. The van der Waals surface area contributed by atoms with Crippen LogP contribution in [0.1, 0.15) is 18.5 Å². The first-order valence-electron chi connectivity index (χ1n) is 7.43. The molecule has 0 spiro atoms. The SMILES string of the molecule is c1csc(-c2nc(CN3CCC[C@@H]3Cn3cncn3)co2)c1. The second-order valence-corrected chi connectivity index (χ2v) is 6.45. The van der Waals surface area contributed by atoms with Crippen LogP contribution in [-0.2, 0) is 13.1 Å². The predicted molar refractivity (Wildman–Crippen MR) is 83.3 cm³/mol. The molecule has 4 rings (SSSR count). The molecule has 0 aliphatic carbocycles. The lowest BCUT2D eigenvalue weighted by molar-refractivity contribution is 0.216. The molecule has 1 fully saturated rings. The molecular weight excluding hydrogens is 298 g/mol. The normalized spacial score (nSPS) is 19.0. The molecule has 0 bridgehead atoms. The van der Waals surface area contributed by atoms with Crippen LogP contribution in [0.4, 0.5) is 0 Å². The highest BCUT2D eigenvalue weighted by atomic mass is 32.1. The minimum absolute atomic E-state index is 0.489. The van der Waals surface area contributed by atoms with Crippen LogP contribution in [0.3, 0.4) is 0 Å². The van der Waals surface area contributed by atoms with E-state index in [2.05, 4.69) is 20.0 Å². The predicted octanol–water partition coefficient (Wildman–Crippen LogP) is 2.66. The lowest BCUT2D eigenvalue weighted by Gasteiger charge is -2.23. The highest BCUT2D eigenvalue weighted by Crippen LogP contribution is 2.26. The van der Waals surface area contributed by atoms with Crippen LogP contribution in [0.15, 0.2) is 40.8 Å². The highest BCUT2D eigenvalue weighted by molar-refractivity contribution is 7.13. The maximum Gasteiger partial charge on any atom is 0.236 e. The van der Waals surface area contributed by atoms with Gasteiger partial charge in [0.25, 0.3) is 0 Å². The number of thiophene rings is 1. The molecule has 0 aromatic carbocycles. The molecule has 4 heterocycles. The molecule has 1 aliphatic rings. The number of rotatable bonds is 5. The van der Waals surface area contributed by atoms with Gasteiger partial charge in [0.1, 0.15) is 18.9 Å². The Morgan fingerprint density at radius 2 is 2.41 bits per heavy atom. The van der Waals surface area contributed by atoms with Gasteiger partial charge in [-0.3, -0.25) is 9.58 Å². The van der Waals surface area contributed by atoms with Gasteiger partial charge in [-0.1, -0.05) is 6.07 Å². The van der Waals surface area contributed by atoms with Crippen LogP contribution in [0.2, 0.25) is 0 Å². The average molecular weight is 315 g/mol. The van der Waals surface area contributed by atoms with Gasteiger partial charge < -0.3 is 4.42 Å². The van der Waals surface area contributed by atoms with Crippen LogP contribution in [-0.4, -0.2) is 37.2 Å². The Morgan fingerprint density at radius 3 is 3.23 bits per heavy atom. The Kier molecular flexibility index (Phi) is 3.74. The van der Waals surface area contributed by atoms with E-state index in [-0.39, 0.29) is 0 Å². The third-order valence-electron chi connectivity index (χ3n) is 4.01. The second-order valence-electron chi connectivity index (χ2n) is 5.51. The van der Waals surface area contributed by atoms with E-state index in [0.29, 0.717) is 6.04 Å². The highest BCUT2D eigenvalue weighted by Gasteiger charge is 2.26. The maximum absolute atomic E-state index is 5.61. The summed E-state index contributed by atoms with van der Waals surface area (Å²) < 4.78 is 7.51. The molecule has 0 amide bonds. The fourth-order valence-electron chi connectivity index (χ4n) is 2.95. The average Bonchev–Trinajstić information content (AvgIpc) is 3.28. The van der Waals surface area contributed by atoms with Gasteiger partial charge in [0.05, 0.1) is 17.1 Å². The number of aromatic nitrogens is 4. The van der Waals surface area contributed by atoms with Gasteiger partial charge in [-0.2, -0.15) is 5.10 Å². The van der Waals surface area contributed by atoms with Crippen molar-refractivity contribution in [1.82, 2.24) is 24.6 Å². The fraction of sp³-hybridized carbons (Fsp3) is 0.400. The van der Waals surface area contributed by atoms with Crippen molar-refractivity contribution in [2.75, 3.05) is 6.54 Å². The first-order chi connectivity index (χ1) is 10.9. The summed E-state index contributed by atoms with van der Waals surface area (Å²) in [7, 11) is 0. The standard InChI is InChI=1S/C15H17N5OS/c1-3-13(8-20-11-16-10-17-20)19(5-1)7-12-9-21-15(18-12)14-4-2-6-22-14/h2,4,6,9-11,13H,1,3,5,7-8H2/t13-/m1/s1. The summed E-state index contributed by atoms with van der Waals surface area (Å²) in [6.45, 7) is 2.81. The van der Waals surface area contributed by atoms with Crippen LogP contribution in [0, 0.1) is 0 Å². The van der Waals surface area contributed by atoms with Crippen LogP contribution < -0.4 is 0 Å². The molecule has 1 aliphatic heterocycles. The maximum atomic E-state index is 5.61. The zero-order valence-corrected chi connectivity index (χ0v) is 12.9. The lowest BCUT2D eigenvalue weighted by Crippen LogP contribution is -2.32. The minimum atomic E-state index is 0.489. The third kappa shape index (κ3) is 2.82. The lowest BCUT2D eigenvalue weighted by atomic mass is 10.2. The molecule has 7 heteroatoms. The molecule has 0 N–H and O–H groups in total. The summed E-state index contributed by atoms with van der Waals surface area (Å²) in [5, 5.41) is 6.24. The summed E-state index contributed by atoms with van der Waals surface area (Å²) in [5.74, 6) is 0.719. The van der Waals surface area contributed by atoms with E-state index >= 15 is 0 Å². The van der Waals surface area contributed by atoms with E-state index in [1.165, 1.54) is 12.8 Å². The number of nitrogens with zero attached hydrogens (tertiary/aromatic N) is 5. The molecule has 3 aromatic rings. The number of likely N-dealkylation sites (tertiary alicyclic amines) is 1. The smallest absolute Gasteiger partial charge is 0.236 e. The molecule has 1 saturated heterocycles. The monoisotopic (exact) mass is 315 g/mol. The number of oxazole rings is 1. The van der Waals surface area contributed by atoms with Crippen molar-refractivity contribution in [1.29, 1.82) is 0 Å². The Morgan fingerprint density at radius 1 is 1.41 bits per heavy atom. The fourth-order valence-corrected chi connectivity index (χ4v) is 3.61. The molecule has 0 saturated carbocycles. The van der Waals surface area contributed by atoms with Crippen molar-refractivity contribution >= 4 is 11.3 Å². The van der Waals surface area contributed by atoms with E-state index in [4.69, 9.17) is 4.42 Å². The summed E-state index contributed by atoms with van der Waals surface area (Å²) in [6, 6.07) is 4.53. The van der Waals surface area contributed by atoms with E-state index in [0.717, 1.165) is 36.1 Å². The minimum Gasteiger partial charge on any atom is -0.444 e. The van der Waals surface area contributed by atoms with E-state index in [1.807, 2.05) is 22.2 Å². The Labute approximate surface area is 132 Å². The van der Waals surface area contributed by atoms with Gasteiger partial charge in [0.15, 0.2) is 0 Å². The van der Waals surface area contributed by atoms with Gasteiger partial charge in [0, 0.05) is 12.6 Å². The summed E-state index contributed by atoms with van der Waals surface area (Å²) in [5.41, 5.74) is 0.994. The first-order valence-corrected chi connectivity index (χ1v) is 8.31. The zero-order valence-electron chi connectivity index (χ0n) is 12.1. The van der Waals surface area contributed by atoms with Crippen LogP contribution in [0.25, 0.3) is 10.8 Å². The third-order valence-corrected chi connectivity index (χ3v) is 4.87. The number of hydrogen-bond donors (Lipinski definition) is 0. The van der Waals surface area contributed by atoms with E-state index < -0.39 is 0 Å². The van der Waals surface area contributed by atoms with Gasteiger partial charge in [-0.05, 0) is 30.8 Å². The second kappa shape index (κ2) is 6.02. The van der Waals surface area contributed by atoms with Gasteiger partial charge in [0.2, 0.25) is 5.89 Å². The zero-order chi connectivity index (χ0) is 14.8. The van der Waals surface area contributed by atoms with Crippen molar-refractivity contribution in [2.24, 2.45) is 0 Å². The Balaban J connectivity index is 1.44. The van der Waals surface area contributed by atoms with Crippen molar-refractivity contribution in [2.45, 2.75) is 32.0 Å². The summed E-state index contributed by atoms with van der Waals surface area (Å²) >= 11 is 1.65. The molecule has 6 nitrogen and oxygen atoms in total. The Bertz CT molecular complexity index is 706. The molecular formula is C15H17N5OS. The van der Waals surface area contributed by atoms with Gasteiger partial charge >= 0.3 is 0 Å². The summed E-state index contributed by atoms with van der Waals surface area (Å²) in [6.07, 6.45) is 7.55.